The van der Waals surface area contributed by atoms with Crippen molar-refractivity contribution in [3.05, 3.63) is 28.8 Å². The van der Waals surface area contributed by atoms with Gasteiger partial charge in [0, 0.05) is 5.02 Å². The summed E-state index contributed by atoms with van der Waals surface area (Å²) < 4.78 is 5.09. The van der Waals surface area contributed by atoms with Gasteiger partial charge in [0.05, 0.1) is 25.2 Å². The minimum atomic E-state index is 0.204. The van der Waals surface area contributed by atoms with Gasteiger partial charge in [0.1, 0.15) is 5.75 Å². The summed E-state index contributed by atoms with van der Waals surface area (Å²) in [5, 5.41) is 8.92. The largest absolute Gasteiger partial charge is 0.495 e. The molecule has 0 aliphatic carbocycles. The van der Waals surface area contributed by atoms with E-state index in [1.165, 1.54) is 0 Å². The Hall–Kier alpha value is -1.64. The number of ether oxygens (including phenoxy) is 1. The van der Waals surface area contributed by atoms with Gasteiger partial charge in [-0.15, -0.1) is 0 Å². The van der Waals surface area contributed by atoms with Gasteiger partial charge in [-0.2, -0.15) is 5.26 Å². The van der Waals surface area contributed by atoms with Crippen LogP contribution < -0.4 is 4.74 Å². The maximum Gasteiger partial charge on any atom is 0.134 e. The highest BCUT2D eigenvalue weighted by molar-refractivity contribution is 6.30. The van der Waals surface area contributed by atoms with Crippen LogP contribution in [0.4, 0.5) is 0 Å². The Morgan fingerprint density at radius 1 is 1.50 bits per heavy atom. The second-order valence-electron chi connectivity index (χ2n) is 2.48. The summed E-state index contributed by atoms with van der Waals surface area (Å²) in [6.45, 7) is 0. The number of hydrogen-bond acceptors (Lipinski definition) is 2. The van der Waals surface area contributed by atoms with Gasteiger partial charge in [-0.05, 0) is 18.2 Å². The number of methoxy groups -OCH3 is 1. The lowest BCUT2D eigenvalue weighted by Crippen LogP contribution is -1.87. The zero-order valence-corrected chi connectivity index (χ0v) is 8.43. The molecule has 0 amide bonds. The molecule has 0 bridgehead atoms. The topological polar surface area (TPSA) is 33.0 Å². The maximum absolute atomic E-state index is 8.32. The van der Waals surface area contributed by atoms with Gasteiger partial charge in [0.2, 0.25) is 0 Å². The van der Waals surface area contributed by atoms with Crippen LogP contribution in [-0.4, -0.2) is 7.11 Å². The highest BCUT2D eigenvalue weighted by Gasteiger charge is 1.99. The van der Waals surface area contributed by atoms with Crippen molar-refractivity contribution >= 4 is 11.6 Å². The lowest BCUT2D eigenvalue weighted by atomic mass is 10.2. The van der Waals surface area contributed by atoms with Crippen molar-refractivity contribution in [1.82, 2.24) is 0 Å². The van der Waals surface area contributed by atoms with E-state index in [-0.39, 0.29) is 6.42 Å². The number of rotatable bonds is 1. The Labute approximate surface area is 88.1 Å². The molecule has 70 valence electrons. The highest BCUT2D eigenvalue weighted by Crippen LogP contribution is 2.21. The quantitative estimate of drug-likeness (QED) is 0.661. The van der Waals surface area contributed by atoms with Crippen molar-refractivity contribution in [3.63, 3.8) is 0 Å². The van der Waals surface area contributed by atoms with Crippen LogP contribution in [0, 0.1) is 23.2 Å². The monoisotopic (exact) mass is 205 g/mol. The van der Waals surface area contributed by atoms with Crippen LogP contribution in [0.5, 0.6) is 5.75 Å². The van der Waals surface area contributed by atoms with E-state index in [4.69, 9.17) is 21.6 Å². The minimum Gasteiger partial charge on any atom is -0.495 e. The predicted octanol–water partition coefficient (Wildman–Crippen LogP) is 2.61. The van der Waals surface area contributed by atoms with Crippen LogP contribution in [0.3, 0.4) is 0 Å². The van der Waals surface area contributed by atoms with Crippen LogP contribution in [0.25, 0.3) is 0 Å². The Morgan fingerprint density at radius 2 is 2.29 bits per heavy atom. The first-order chi connectivity index (χ1) is 6.77. The molecular weight excluding hydrogens is 198 g/mol. The number of nitriles is 1. The van der Waals surface area contributed by atoms with E-state index < -0.39 is 0 Å². The van der Waals surface area contributed by atoms with Crippen molar-refractivity contribution < 1.29 is 4.74 Å². The van der Waals surface area contributed by atoms with Gasteiger partial charge in [-0.3, -0.25) is 0 Å². The summed E-state index contributed by atoms with van der Waals surface area (Å²) in [5.74, 6) is 6.19. The van der Waals surface area contributed by atoms with Gasteiger partial charge in [-0.1, -0.05) is 23.4 Å². The molecule has 2 nitrogen and oxygen atoms in total. The van der Waals surface area contributed by atoms with Crippen LogP contribution in [0.15, 0.2) is 18.2 Å². The third kappa shape index (κ3) is 2.69. The van der Waals surface area contributed by atoms with Gasteiger partial charge < -0.3 is 4.74 Å². The van der Waals surface area contributed by atoms with Gasteiger partial charge >= 0.3 is 0 Å². The Morgan fingerprint density at radius 3 is 2.93 bits per heavy atom. The van der Waals surface area contributed by atoms with Crippen LogP contribution in [-0.2, 0) is 0 Å². The fraction of sp³-hybridized carbons (Fsp3) is 0.182. The molecule has 0 aliphatic heterocycles. The summed E-state index contributed by atoms with van der Waals surface area (Å²) in [5.41, 5.74) is 0.704. The van der Waals surface area contributed by atoms with Crippen molar-refractivity contribution in [1.29, 1.82) is 5.26 Å². The van der Waals surface area contributed by atoms with E-state index in [2.05, 4.69) is 11.8 Å². The van der Waals surface area contributed by atoms with Crippen LogP contribution in [0.2, 0.25) is 5.02 Å². The zero-order valence-electron chi connectivity index (χ0n) is 7.67. The number of nitrogens with zero attached hydrogens (tertiary/aromatic N) is 1. The lowest BCUT2D eigenvalue weighted by Gasteiger charge is -2.02. The second kappa shape index (κ2) is 5.17. The first-order valence-corrected chi connectivity index (χ1v) is 4.35. The molecule has 14 heavy (non-hydrogen) atoms. The first-order valence-electron chi connectivity index (χ1n) is 3.97. The summed E-state index contributed by atoms with van der Waals surface area (Å²) in [6.07, 6.45) is 0.204. The molecule has 0 saturated carbocycles. The number of benzene rings is 1. The average Bonchev–Trinajstić information content (AvgIpc) is 2.19. The lowest BCUT2D eigenvalue weighted by molar-refractivity contribution is 0.413. The zero-order chi connectivity index (χ0) is 10.4. The third-order valence-corrected chi connectivity index (χ3v) is 1.79. The molecule has 0 heterocycles. The Bertz CT molecular complexity index is 423. The molecule has 0 N–H and O–H groups in total. The van der Waals surface area contributed by atoms with E-state index in [1.807, 2.05) is 6.07 Å². The summed E-state index contributed by atoms with van der Waals surface area (Å²) >= 11 is 5.80. The molecule has 1 rings (SSSR count). The van der Waals surface area contributed by atoms with Crippen molar-refractivity contribution in [2.45, 2.75) is 6.42 Å². The van der Waals surface area contributed by atoms with Gasteiger partial charge in [-0.25, -0.2) is 0 Å². The molecule has 3 heteroatoms. The van der Waals surface area contributed by atoms with E-state index in [1.54, 1.807) is 25.3 Å². The van der Waals surface area contributed by atoms with Gasteiger partial charge in [0.15, 0.2) is 0 Å². The smallest absolute Gasteiger partial charge is 0.134 e. The first kappa shape index (κ1) is 10.4. The van der Waals surface area contributed by atoms with Gasteiger partial charge in [0.25, 0.3) is 0 Å². The Kier molecular flexibility index (Phi) is 3.85. The summed E-state index contributed by atoms with van der Waals surface area (Å²) in [6, 6.07) is 7.14. The molecule has 1 aromatic rings. The minimum absolute atomic E-state index is 0.204. The maximum atomic E-state index is 8.32. The molecule has 0 fully saturated rings. The standard InChI is InChI=1S/C11H8ClNO/c1-14-11-6-5-10(12)8-9(11)4-2-3-7-13/h5-6,8H,3H2,1H3. The van der Waals surface area contributed by atoms with E-state index in [0.717, 1.165) is 0 Å². The summed E-state index contributed by atoms with van der Waals surface area (Å²) in [7, 11) is 1.57. The molecular formula is C11H8ClNO. The van der Waals surface area contributed by atoms with Crippen LogP contribution >= 0.6 is 11.6 Å². The molecule has 0 unspecified atom stereocenters. The normalized spacial score (nSPS) is 8.36. The second-order valence-corrected chi connectivity index (χ2v) is 2.92. The van der Waals surface area contributed by atoms with E-state index in [9.17, 15) is 0 Å². The van der Waals surface area contributed by atoms with Crippen molar-refractivity contribution in [2.75, 3.05) is 7.11 Å². The third-order valence-electron chi connectivity index (χ3n) is 1.55. The van der Waals surface area contributed by atoms with E-state index >= 15 is 0 Å². The molecule has 0 aromatic heterocycles. The molecule has 0 aliphatic rings. The fourth-order valence-corrected chi connectivity index (χ4v) is 1.13. The SMILES string of the molecule is COc1ccc(Cl)cc1C#CCC#N. The Balaban J connectivity index is 3.02. The van der Waals surface area contributed by atoms with Crippen molar-refractivity contribution in [2.24, 2.45) is 0 Å². The molecule has 1 aromatic carbocycles. The summed E-state index contributed by atoms with van der Waals surface area (Å²) in [4.78, 5) is 0. The van der Waals surface area contributed by atoms with E-state index in [0.29, 0.717) is 16.3 Å². The molecule has 0 radical (unpaired) electrons. The average molecular weight is 206 g/mol. The highest BCUT2D eigenvalue weighted by atomic mass is 35.5. The number of halogens is 1. The van der Waals surface area contributed by atoms with Crippen molar-refractivity contribution in [3.8, 4) is 23.7 Å². The number of hydrogen-bond donors (Lipinski definition) is 0. The molecule has 0 saturated heterocycles. The van der Waals surface area contributed by atoms with Crippen LogP contribution in [0.1, 0.15) is 12.0 Å². The molecule has 0 atom stereocenters. The predicted molar refractivity (Wildman–Crippen MR) is 55.1 cm³/mol. The fourth-order valence-electron chi connectivity index (χ4n) is 0.957. The molecule has 0 spiro atoms.